The van der Waals surface area contributed by atoms with Gasteiger partial charge in [0.25, 0.3) is 0 Å². The maximum atomic E-state index is 12.2. The average Bonchev–Trinajstić information content (AvgIpc) is 2.87. The van der Waals surface area contributed by atoms with Crippen molar-refractivity contribution in [1.29, 1.82) is 5.26 Å². The molecule has 1 N–H and O–H groups in total. The lowest BCUT2D eigenvalue weighted by molar-refractivity contribution is -0.122. The second-order valence-corrected chi connectivity index (χ2v) is 6.09. The second kappa shape index (κ2) is 6.56. The van der Waals surface area contributed by atoms with Crippen LogP contribution in [0.2, 0.25) is 4.34 Å². The number of benzene rings is 1. The summed E-state index contributed by atoms with van der Waals surface area (Å²) in [6.07, 6.45) is 0. The molecule has 0 spiro atoms. The first-order chi connectivity index (χ1) is 9.61. The van der Waals surface area contributed by atoms with Crippen molar-refractivity contribution >= 4 is 28.8 Å². The Labute approximate surface area is 126 Å². The van der Waals surface area contributed by atoms with Gasteiger partial charge < -0.3 is 5.32 Å². The summed E-state index contributed by atoms with van der Waals surface area (Å²) < 4.78 is 0.681. The largest absolute Gasteiger partial charge is 0.347 e. The third-order valence-electron chi connectivity index (χ3n) is 2.90. The van der Waals surface area contributed by atoms with Crippen LogP contribution >= 0.6 is 22.9 Å². The number of halogens is 1. The Balaban J connectivity index is 2.09. The fraction of sp³-hybridized carbons (Fsp3) is 0.200. The van der Waals surface area contributed by atoms with Crippen LogP contribution in [0.4, 0.5) is 0 Å². The number of rotatable bonds is 4. The molecule has 0 bridgehead atoms. The summed E-state index contributed by atoms with van der Waals surface area (Å²) in [5, 5.41) is 12.1. The van der Waals surface area contributed by atoms with E-state index in [1.54, 1.807) is 18.2 Å². The second-order valence-electron chi connectivity index (χ2n) is 4.34. The van der Waals surface area contributed by atoms with Crippen LogP contribution in [0.5, 0.6) is 0 Å². The number of hydrogen-bond acceptors (Lipinski definition) is 3. The van der Waals surface area contributed by atoms with Gasteiger partial charge in [-0.1, -0.05) is 41.9 Å². The molecule has 0 radical (unpaired) electrons. The van der Waals surface area contributed by atoms with E-state index in [0.29, 0.717) is 9.90 Å². The third kappa shape index (κ3) is 3.38. The minimum Gasteiger partial charge on any atom is -0.347 e. The van der Waals surface area contributed by atoms with Gasteiger partial charge in [-0.25, -0.2) is 0 Å². The summed E-state index contributed by atoms with van der Waals surface area (Å²) in [6, 6.07) is 14.6. The number of nitrogens with zero attached hydrogens (tertiary/aromatic N) is 1. The Morgan fingerprint density at radius 2 is 2.00 bits per heavy atom. The molecule has 0 aliphatic heterocycles. The van der Waals surface area contributed by atoms with E-state index in [4.69, 9.17) is 11.6 Å². The van der Waals surface area contributed by atoms with Crippen molar-refractivity contribution < 1.29 is 4.79 Å². The molecule has 1 heterocycles. The van der Waals surface area contributed by atoms with Gasteiger partial charge >= 0.3 is 0 Å². The Morgan fingerprint density at radius 3 is 2.55 bits per heavy atom. The Kier molecular flexibility index (Phi) is 4.78. The molecular formula is C15H13ClN2OS. The maximum Gasteiger partial charge on any atom is 0.242 e. The van der Waals surface area contributed by atoms with Crippen molar-refractivity contribution in [3.8, 4) is 6.07 Å². The molecule has 0 saturated heterocycles. The minimum absolute atomic E-state index is 0.167. The monoisotopic (exact) mass is 304 g/mol. The molecule has 2 atom stereocenters. The van der Waals surface area contributed by atoms with Crippen LogP contribution in [0.15, 0.2) is 42.5 Å². The number of nitrogens with one attached hydrogen (secondary N) is 1. The zero-order valence-corrected chi connectivity index (χ0v) is 12.4. The molecular weight excluding hydrogens is 292 g/mol. The van der Waals surface area contributed by atoms with Crippen LogP contribution in [0, 0.1) is 11.3 Å². The molecule has 1 aromatic carbocycles. The predicted octanol–water partition coefficient (Wildman–Crippen LogP) is 3.89. The normalized spacial score (nSPS) is 13.2. The molecule has 2 aromatic rings. The first kappa shape index (κ1) is 14.6. The van der Waals surface area contributed by atoms with E-state index in [0.717, 1.165) is 4.88 Å². The van der Waals surface area contributed by atoms with Crippen molar-refractivity contribution in [2.45, 2.75) is 18.9 Å². The molecule has 2 rings (SSSR count). The number of nitriles is 1. The maximum absolute atomic E-state index is 12.2. The molecule has 20 heavy (non-hydrogen) atoms. The van der Waals surface area contributed by atoms with Gasteiger partial charge in [0.2, 0.25) is 5.91 Å². The number of thiophene rings is 1. The third-order valence-corrected chi connectivity index (χ3v) is 4.32. The smallest absolute Gasteiger partial charge is 0.242 e. The van der Waals surface area contributed by atoms with E-state index < -0.39 is 5.92 Å². The molecule has 1 amide bonds. The summed E-state index contributed by atoms with van der Waals surface area (Å²) >= 11 is 7.30. The fourth-order valence-corrected chi connectivity index (χ4v) is 2.92. The van der Waals surface area contributed by atoms with E-state index in [2.05, 4.69) is 5.32 Å². The highest BCUT2D eigenvalue weighted by Gasteiger charge is 2.22. The lowest BCUT2D eigenvalue weighted by atomic mass is 9.99. The SMILES string of the molecule is CC(NC(=O)C(C#N)c1ccccc1)c1ccc(Cl)s1. The average molecular weight is 305 g/mol. The van der Waals surface area contributed by atoms with Crippen LogP contribution in [-0.2, 0) is 4.79 Å². The first-order valence-electron chi connectivity index (χ1n) is 6.12. The Bertz CT molecular complexity index is 633. The fourth-order valence-electron chi connectivity index (χ4n) is 1.86. The van der Waals surface area contributed by atoms with Gasteiger partial charge in [0.1, 0.15) is 5.92 Å². The predicted molar refractivity (Wildman–Crippen MR) is 80.7 cm³/mol. The molecule has 0 fully saturated rings. The van der Waals surface area contributed by atoms with E-state index in [1.165, 1.54) is 11.3 Å². The van der Waals surface area contributed by atoms with Crippen molar-refractivity contribution in [3.05, 3.63) is 57.2 Å². The van der Waals surface area contributed by atoms with E-state index in [-0.39, 0.29) is 11.9 Å². The molecule has 2 unspecified atom stereocenters. The zero-order chi connectivity index (χ0) is 14.5. The molecule has 3 nitrogen and oxygen atoms in total. The van der Waals surface area contributed by atoms with Crippen LogP contribution < -0.4 is 5.32 Å². The first-order valence-corrected chi connectivity index (χ1v) is 7.31. The van der Waals surface area contributed by atoms with Gasteiger partial charge in [-0.15, -0.1) is 11.3 Å². The summed E-state index contributed by atoms with van der Waals surface area (Å²) in [7, 11) is 0. The van der Waals surface area contributed by atoms with Gasteiger partial charge in [0.05, 0.1) is 16.4 Å². The van der Waals surface area contributed by atoms with E-state index >= 15 is 0 Å². The minimum atomic E-state index is -0.797. The molecule has 0 saturated carbocycles. The van der Waals surface area contributed by atoms with Crippen LogP contribution in [0.25, 0.3) is 0 Å². The standard InChI is InChI=1S/C15H13ClN2OS/c1-10(13-7-8-14(16)20-13)18-15(19)12(9-17)11-5-3-2-4-6-11/h2-8,10,12H,1H3,(H,18,19). The summed E-state index contributed by atoms with van der Waals surface area (Å²) in [5.41, 5.74) is 0.698. The Hall–Kier alpha value is -1.83. The van der Waals surface area contributed by atoms with Gasteiger partial charge in [-0.05, 0) is 24.6 Å². The van der Waals surface area contributed by atoms with Gasteiger partial charge in [-0.2, -0.15) is 5.26 Å². The number of amides is 1. The highest BCUT2D eigenvalue weighted by molar-refractivity contribution is 7.16. The van der Waals surface area contributed by atoms with Gasteiger partial charge in [0, 0.05) is 4.88 Å². The van der Waals surface area contributed by atoms with E-state index in [9.17, 15) is 10.1 Å². The molecule has 102 valence electrons. The van der Waals surface area contributed by atoms with Crippen molar-refractivity contribution in [2.24, 2.45) is 0 Å². The molecule has 0 aliphatic rings. The van der Waals surface area contributed by atoms with Crippen LogP contribution in [-0.4, -0.2) is 5.91 Å². The summed E-state index contributed by atoms with van der Waals surface area (Å²) in [5.74, 6) is -1.09. The van der Waals surface area contributed by atoms with Crippen molar-refractivity contribution in [1.82, 2.24) is 5.32 Å². The lowest BCUT2D eigenvalue weighted by Gasteiger charge is -2.15. The highest BCUT2D eigenvalue weighted by atomic mass is 35.5. The van der Waals surface area contributed by atoms with Crippen LogP contribution in [0.1, 0.15) is 29.3 Å². The number of hydrogen-bond donors (Lipinski definition) is 1. The van der Waals surface area contributed by atoms with Gasteiger partial charge in [-0.3, -0.25) is 4.79 Å². The highest BCUT2D eigenvalue weighted by Crippen LogP contribution is 2.27. The number of carbonyl (C=O) groups excluding carboxylic acids is 1. The molecule has 0 aliphatic carbocycles. The van der Waals surface area contributed by atoms with Crippen LogP contribution in [0.3, 0.4) is 0 Å². The molecule has 5 heteroatoms. The summed E-state index contributed by atoms with van der Waals surface area (Å²) in [4.78, 5) is 13.2. The Morgan fingerprint density at radius 1 is 1.30 bits per heavy atom. The van der Waals surface area contributed by atoms with Crippen molar-refractivity contribution in [2.75, 3.05) is 0 Å². The number of carbonyl (C=O) groups is 1. The quantitative estimate of drug-likeness (QED) is 0.931. The summed E-state index contributed by atoms with van der Waals surface area (Å²) in [6.45, 7) is 1.87. The zero-order valence-electron chi connectivity index (χ0n) is 10.8. The van der Waals surface area contributed by atoms with E-state index in [1.807, 2.05) is 37.3 Å². The molecule has 1 aromatic heterocycles. The van der Waals surface area contributed by atoms with Gasteiger partial charge in [0.15, 0.2) is 0 Å². The topological polar surface area (TPSA) is 52.9 Å². The lowest BCUT2D eigenvalue weighted by Crippen LogP contribution is -2.30. The van der Waals surface area contributed by atoms with Crippen molar-refractivity contribution in [3.63, 3.8) is 0 Å².